The third-order valence-corrected chi connectivity index (χ3v) is 4.34. The Kier molecular flexibility index (Phi) is 6.17. The normalized spacial score (nSPS) is 10.2. The van der Waals surface area contributed by atoms with E-state index in [2.05, 4.69) is 5.32 Å². The van der Waals surface area contributed by atoms with Crippen molar-refractivity contribution in [1.82, 2.24) is 0 Å². The number of nitrogens with one attached hydrogen (secondary N) is 1. The van der Waals surface area contributed by atoms with Crippen LogP contribution in [-0.2, 0) is 4.79 Å². The SMILES string of the molecule is COc1cc(C)c(NC(=O)COc2ccccc2-c2ccccc2)cc1OC. The Bertz CT molecular complexity index is 954. The third kappa shape index (κ3) is 4.43. The van der Waals surface area contributed by atoms with Gasteiger partial charge in [-0.1, -0.05) is 48.5 Å². The first-order valence-electron chi connectivity index (χ1n) is 8.92. The van der Waals surface area contributed by atoms with E-state index in [1.807, 2.05) is 67.6 Å². The second-order valence-corrected chi connectivity index (χ2v) is 6.22. The monoisotopic (exact) mass is 377 g/mol. The number of hydrogen-bond acceptors (Lipinski definition) is 4. The highest BCUT2D eigenvalue weighted by atomic mass is 16.5. The summed E-state index contributed by atoms with van der Waals surface area (Å²) in [5.74, 6) is 1.58. The van der Waals surface area contributed by atoms with E-state index in [0.717, 1.165) is 16.7 Å². The largest absolute Gasteiger partial charge is 0.493 e. The zero-order valence-corrected chi connectivity index (χ0v) is 16.2. The van der Waals surface area contributed by atoms with Crippen LogP contribution >= 0.6 is 0 Å². The summed E-state index contributed by atoms with van der Waals surface area (Å²) < 4.78 is 16.4. The van der Waals surface area contributed by atoms with Crippen molar-refractivity contribution in [1.29, 1.82) is 0 Å². The molecule has 144 valence electrons. The van der Waals surface area contributed by atoms with Gasteiger partial charge >= 0.3 is 0 Å². The van der Waals surface area contributed by atoms with Gasteiger partial charge in [0, 0.05) is 17.3 Å². The van der Waals surface area contributed by atoms with Crippen LogP contribution in [-0.4, -0.2) is 26.7 Å². The molecule has 0 spiro atoms. The molecule has 0 aliphatic carbocycles. The van der Waals surface area contributed by atoms with E-state index < -0.39 is 0 Å². The van der Waals surface area contributed by atoms with Gasteiger partial charge in [-0.15, -0.1) is 0 Å². The molecule has 0 fully saturated rings. The molecular weight excluding hydrogens is 354 g/mol. The van der Waals surface area contributed by atoms with E-state index in [4.69, 9.17) is 14.2 Å². The maximum atomic E-state index is 12.4. The molecule has 0 saturated heterocycles. The van der Waals surface area contributed by atoms with Gasteiger partial charge in [-0.2, -0.15) is 0 Å². The van der Waals surface area contributed by atoms with Gasteiger partial charge in [0.25, 0.3) is 5.91 Å². The highest BCUT2D eigenvalue weighted by Gasteiger charge is 2.12. The maximum Gasteiger partial charge on any atom is 0.262 e. The highest BCUT2D eigenvalue weighted by molar-refractivity contribution is 5.93. The number of rotatable bonds is 7. The van der Waals surface area contributed by atoms with Crippen LogP contribution in [0.4, 0.5) is 5.69 Å². The quantitative estimate of drug-likeness (QED) is 0.649. The van der Waals surface area contributed by atoms with Crippen molar-refractivity contribution in [2.75, 3.05) is 26.1 Å². The van der Waals surface area contributed by atoms with E-state index in [1.54, 1.807) is 20.3 Å². The summed E-state index contributed by atoms with van der Waals surface area (Å²) in [5.41, 5.74) is 3.51. The molecule has 0 aliphatic heterocycles. The number of ether oxygens (including phenoxy) is 3. The average Bonchev–Trinajstić information content (AvgIpc) is 2.74. The van der Waals surface area contributed by atoms with Gasteiger partial charge in [0.15, 0.2) is 18.1 Å². The molecule has 0 atom stereocenters. The first-order chi connectivity index (χ1) is 13.6. The standard InChI is InChI=1S/C23H23NO4/c1-16-13-21(26-2)22(27-3)14-19(16)24-23(25)15-28-20-12-8-7-11-18(20)17-9-5-4-6-10-17/h4-14H,15H2,1-3H3,(H,24,25). The second kappa shape index (κ2) is 8.95. The Labute approximate surface area is 164 Å². The molecule has 0 bridgehead atoms. The Morgan fingerprint density at radius 3 is 2.21 bits per heavy atom. The molecular formula is C23H23NO4. The Balaban J connectivity index is 1.71. The summed E-state index contributed by atoms with van der Waals surface area (Å²) in [5, 5.41) is 2.87. The van der Waals surface area contributed by atoms with Crippen LogP contribution in [0, 0.1) is 6.92 Å². The topological polar surface area (TPSA) is 56.8 Å². The molecule has 3 aromatic rings. The molecule has 5 nitrogen and oxygen atoms in total. The van der Waals surface area contributed by atoms with Crippen molar-refractivity contribution in [2.45, 2.75) is 6.92 Å². The molecule has 1 amide bonds. The van der Waals surface area contributed by atoms with Crippen LogP contribution in [0.25, 0.3) is 11.1 Å². The molecule has 3 rings (SSSR count). The number of hydrogen-bond donors (Lipinski definition) is 1. The van der Waals surface area contributed by atoms with E-state index >= 15 is 0 Å². The fourth-order valence-electron chi connectivity index (χ4n) is 2.89. The van der Waals surface area contributed by atoms with Crippen LogP contribution in [0.15, 0.2) is 66.7 Å². The van der Waals surface area contributed by atoms with Gasteiger partial charge in [0.2, 0.25) is 0 Å². The number of benzene rings is 3. The molecule has 28 heavy (non-hydrogen) atoms. The lowest BCUT2D eigenvalue weighted by Gasteiger charge is -2.15. The molecule has 0 aromatic heterocycles. The van der Waals surface area contributed by atoms with Gasteiger partial charge < -0.3 is 19.5 Å². The van der Waals surface area contributed by atoms with Crippen LogP contribution in [0.3, 0.4) is 0 Å². The molecule has 3 aromatic carbocycles. The van der Waals surface area contributed by atoms with E-state index in [-0.39, 0.29) is 12.5 Å². The van der Waals surface area contributed by atoms with Crippen LogP contribution < -0.4 is 19.5 Å². The highest BCUT2D eigenvalue weighted by Crippen LogP contribution is 2.33. The average molecular weight is 377 g/mol. The first-order valence-corrected chi connectivity index (χ1v) is 8.92. The summed E-state index contributed by atoms with van der Waals surface area (Å²) >= 11 is 0. The van der Waals surface area contributed by atoms with Crippen LogP contribution in [0.1, 0.15) is 5.56 Å². The number of methoxy groups -OCH3 is 2. The Hall–Kier alpha value is -3.47. The molecule has 5 heteroatoms. The second-order valence-electron chi connectivity index (χ2n) is 6.22. The molecule has 0 saturated carbocycles. The van der Waals surface area contributed by atoms with E-state index in [0.29, 0.717) is 22.9 Å². The Morgan fingerprint density at radius 1 is 0.857 bits per heavy atom. The number of para-hydroxylation sites is 1. The first kappa shape index (κ1) is 19.3. The minimum absolute atomic E-state index is 0.0996. The molecule has 0 radical (unpaired) electrons. The van der Waals surface area contributed by atoms with Crippen molar-refractivity contribution in [3.8, 4) is 28.4 Å². The van der Waals surface area contributed by atoms with Gasteiger partial charge in [-0.05, 0) is 30.2 Å². The fraction of sp³-hybridized carbons (Fsp3) is 0.174. The lowest BCUT2D eigenvalue weighted by atomic mass is 10.1. The molecule has 1 N–H and O–H groups in total. The smallest absolute Gasteiger partial charge is 0.262 e. The van der Waals surface area contributed by atoms with Crippen molar-refractivity contribution in [3.63, 3.8) is 0 Å². The van der Waals surface area contributed by atoms with Crippen molar-refractivity contribution in [3.05, 3.63) is 72.3 Å². The lowest BCUT2D eigenvalue weighted by Crippen LogP contribution is -2.21. The summed E-state index contributed by atoms with van der Waals surface area (Å²) in [4.78, 5) is 12.4. The molecule has 0 heterocycles. The lowest BCUT2D eigenvalue weighted by molar-refractivity contribution is -0.118. The zero-order chi connectivity index (χ0) is 19.9. The van der Waals surface area contributed by atoms with E-state index in [1.165, 1.54) is 0 Å². The summed E-state index contributed by atoms with van der Waals surface area (Å²) in [7, 11) is 3.13. The molecule has 0 aliphatic rings. The van der Waals surface area contributed by atoms with Gasteiger partial charge in [0.05, 0.1) is 14.2 Å². The fourth-order valence-corrected chi connectivity index (χ4v) is 2.89. The maximum absolute atomic E-state index is 12.4. The van der Waals surface area contributed by atoms with Crippen molar-refractivity contribution < 1.29 is 19.0 Å². The van der Waals surface area contributed by atoms with Crippen LogP contribution in [0.2, 0.25) is 0 Å². The van der Waals surface area contributed by atoms with Gasteiger partial charge in [-0.25, -0.2) is 0 Å². The van der Waals surface area contributed by atoms with Crippen molar-refractivity contribution >= 4 is 11.6 Å². The van der Waals surface area contributed by atoms with Gasteiger partial charge in [-0.3, -0.25) is 4.79 Å². The molecule has 0 unspecified atom stereocenters. The number of anilines is 1. The number of amides is 1. The predicted molar refractivity (Wildman–Crippen MR) is 110 cm³/mol. The summed E-state index contributed by atoms with van der Waals surface area (Å²) in [6.45, 7) is 1.79. The summed E-state index contributed by atoms with van der Waals surface area (Å²) in [6, 6.07) is 21.1. The summed E-state index contributed by atoms with van der Waals surface area (Å²) in [6.07, 6.45) is 0. The zero-order valence-electron chi connectivity index (χ0n) is 16.2. The van der Waals surface area contributed by atoms with E-state index in [9.17, 15) is 4.79 Å². The van der Waals surface area contributed by atoms with Crippen molar-refractivity contribution in [2.24, 2.45) is 0 Å². The minimum Gasteiger partial charge on any atom is -0.493 e. The van der Waals surface area contributed by atoms with Gasteiger partial charge in [0.1, 0.15) is 5.75 Å². The number of carbonyl (C=O) groups is 1. The van der Waals surface area contributed by atoms with Crippen LogP contribution in [0.5, 0.6) is 17.2 Å². The minimum atomic E-state index is -0.252. The number of aryl methyl sites for hydroxylation is 1. The Morgan fingerprint density at radius 2 is 1.50 bits per heavy atom. The predicted octanol–water partition coefficient (Wildman–Crippen LogP) is 4.70. The number of carbonyl (C=O) groups excluding carboxylic acids is 1. The third-order valence-electron chi connectivity index (χ3n) is 4.34.